The van der Waals surface area contributed by atoms with E-state index in [2.05, 4.69) is 15.9 Å². The van der Waals surface area contributed by atoms with Crippen molar-refractivity contribution >= 4 is 27.6 Å². The normalized spacial score (nSPS) is 13.4. The Morgan fingerprint density at radius 3 is 2.20 bits per heavy atom. The van der Waals surface area contributed by atoms with E-state index in [0.717, 1.165) is 5.56 Å². The van der Waals surface area contributed by atoms with Gasteiger partial charge in [-0.3, -0.25) is 14.9 Å². The molecular weight excluding hydrogens is 390 g/mol. The zero-order valence-electron chi connectivity index (χ0n) is 15.8. The maximum Gasteiger partial charge on any atom is 0.311 e. The minimum absolute atomic E-state index is 0.00526. The van der Waals surface area contributed by atoms with Crippen LogP contribution in [0.5, 0.6) is 0 Å². The molecule has 1 atom stereocenters. The van der Waals surface area contributed by atoms with Gasteiger partial charge in [-0.05, 0) is 54.0 Å². The second-order valence-electron chi connectivity index (χ2n) is 7.98. The molecule has 140 valence electrons. The Balaban J connectivity index is 3.20. The number of carbonyl (C=O) groups is 1. The van der Waals surface area contributed by atoms with Crippen molar-refractivity contribution in [2.75, 3.05) is 6.61 Å². The van der Waals surface area contributed by atoms with Crippen LogP contribution in [0, 0.1) is 22.5 Å². The number of esters is 1. The summed E-state index contributed by atoms with van der Waals surface area (Å²) in [5.74, 6) is -0.328. The lowest BCUT2D eigenvalue weighted by Gasteiger charge is -2.30. The predicted octanol–water partition coefficient (Wildman–Crippen LogP) is 5.11. The van der Waals surface area contributed by atoms with E-state index in [9.17, 15) is 14.9 Å². The van der Waals surface area contributed by atoms with Crippen molar-refractivity contribution in [2.45, 2.75) is 60.2 Å². The Hall–Kier alpha value is -1.47. The molecule has 0 N–H and O–H groups in total. The second-order valence-corrected chi connectivity index (χ2v) is 8.84. The van der Waals surface area contributed by atoms with Gasteiger partial charge in [-0.2, -0.15) is 0 Å². The molecule has 0 amide bonds. The van der Waals surface area contributed by atoms with E-state index in [1.54, 1.807) is 27.7 Å². The standard InChI is InChI=1S/C18H26BrNO5/c1-11-8-12(20(22)23)9-13(19)15(11)14(25-18(5,6)7)10-24-16(21)17(2,3)4/h8-9,14H,10H2,1-7H3/t14-/m1/s1. The first-order valence-electron chi connectivity index (χ1n) is 8.02. The van der Waals surface area contributed by atoms with Gasteiger partial charge >= 0.3 is 5.97 Å². The molecule has 0 saturated heterocycles. The summed E-state index contributed by atoms with van der Waals surface area (Å²) >= 11 is 3.40. The van der Waals surface area contributed by atoms with Crippen molar-refractivity contribution in [3.8, 4) is 0 Å². The van der Waals surface area contributed by atoms with E-state index in [0.29, 0.717) is 10.0 Å². The summed E-state index contributed by atoms with van der Waals surface area (Å²) in [4.78, 5) is 22.7. The number of hydrogen-bond acceptors (Lipinski definition) is 5. The van der Waals surface area contributed by atoms with Crippen LogP contribution >= 0.6 is 15.9 Å². The fourth-order valence-corrected chi connectivity index (χ4v) is 3.02. The SMILES string of the molecule is Cc1cc([N+](=O)[O-])cc(Br)c1[C@@H](COC(=O)C(C)(C)C)OC(C)(C)C. The highest BCUT2D eigenvalue weighted by atomic mass is 79.9. The van der Waals surface area contributed by atoms with Crippen molar-refractivity contribution in [2.24, 2.45) is 5.41 Å². The highest BCUT2D eigenvalue weighted by molar-refractivity contribution is 9.10. The van der Waals surface area contributed by atoms with Crippen LogP contribution in [0.4, 0.5) is 5.69 Å². The molecule has 6 nitrogen and oxygen atoms in total. The number of non-ortho nitro benzene ring substituents is 1. The van der Waals surface area contributed by atoms with Crippen molar-refractivity contribution in [1.29, 1.82) is 0 Å². The van der Waals surface area contributed by atoms with Gasteiger partial charge in [0.15, 0.2) is 0 Å². The third-order valence-electron chi connectivity index (χ3n) is 3.33. The van der Waals surface area contributed by atoms with Crippen LogP contribution in [0.15, 0.2) is 16.6 Å². The number of halogens is 1. The minimum atomic E-state index is -0.617. The summed E-state index contributed by atoms with van der Waals surface area (Å²) < 4.78 is 12.1. The Kier molecular flexibility index (Phi) is 6.75. The molecule has 0 radical (unpaired) electrons. The van der Waals surface area contributed by atoms with E-state index in [1.165, 1.54) is 12.1 Å². The number of benzene rings is 1. The summed E-state index contributed by atoms with van der Waals surface area (Å²) in [6.45, 7) is 12.9. The molecule has 1 rings (SSSR count). The van der Waals surface area contributed by atoms with Crippen LogP contribution in [0.25, 0.3) is 0 Å². The minimum Gasteiger partial charge on any atom is -0.462 e. The highest BCUT2D eigenvalue weighted by Gasteiger charge is 2.29. The van der Waals surface area contributed by atoms with Crippen LogP contribution in [0.2, 0.25) is 0 Å². The molecule has 0 spiro atoms. The highest BCUT2D eigenvalue weighted by Crippen LogP contribution is 2.35. The second kappa shape index (κ2) is 7.83. The number of carbonyl (C=O) groups excluding carboxylic acids is 1. The fraction of sp³-hybridized carbons (Fsp3) is 0.611. The quantitative estimate of drug-likeness (QED) is 0.379. The first kappa shape index (κ1) is 21.6. The molecule has 0 fully saturated rings. The number of rotatable bonds is 5. The zero-order valence-corrected chi connectivity index (χ0v) is 17.4. The van der Waals surface area contributed by atoms with E-state index >= 15 is 0 Å². The van der Waals surface area contributed by atoms with E-state index in [1.807, 2.05) is 20.8 Å². The van der Waals surface area contributed by atoms with Crippen LogP contribution in [0.3, 0.4) is 0 Å². The Morgan fingerprint density at radius 1 is 1.24 bits per heavy atom. The average Bonchev–Trinajstić information content (AvgIpc) is 2.40. The Bertz CT molecular complexity index is 635. The number of nitro groups is 1. The van der Waals surface area contributed by atoms with Crippen LogP contribution < -0.4 is 0 Å². The van der Waals surface area contributed by atoms with E-state index < -0.39 is 22.0 Å². The van der Waals surface area contributed by atoms with Crippen molar-refractivity contribution < 1.29 is 19.2 Å². The summed E-state index contributed by atoms with van der Waals surface area (Å²) in [5, 5.41) is 11.0. The van der Waals surface area contributed by atoms with Crippen LogP contribution in [0.1, 0.15) is 58.8 Å². The molecule has 0 aliphatic rings. The van der Waals surface area contributed by atoms with Gasteiger partial charge in [0.2, 0.25) is 0 Å². The molecular formula is C18H26BrNO5. The van der Waals surface area contributed by atoms with Gasteiger partial charge in [-0.15, -0.1) is 0 Å². The van der Waals surface area contributed by atoms with Crippen LogP contribution in [-0.2, 0) is 14.3 Å². The molecule has 1 aromatic rings. The maximum atomic E-state index is 12.1. The first-order valence-corrected chi connectivity index (χ1v) is 8.81. The first-order chi connectivity index (χ1) is 11.2. The maximum absolute atomic E-state index is 12.1. The van der Waals surface area contributed by atoms with Gasteiger partial charge < -0.3 is 9.47 Å². The van der Waals surface area contributed by atoms with Gasteiger partial charge in [0.25, 0.3) is 5.69 Å². The number of ether oxygens (including phenoxy) is 2. The predicted molar refractivity (Wildman–Crippen MR) is 99.5 cm³/mol. The fourth-order valence-electron chi connectivity index (χ4n) is 2.22. The van der Waals surface area contributed by atoms with Gasteiger partial charge in [-0.25, -0.2) is 0 Å². The molecule has 1 aromatic carbocycles. The number of aryl methyl sites for hydroxylation is 1. The lowest BCUT2D eigenvalue weighted by Crippen LogP contribution is -2.30. The Labute approximate surface area is 157 Å². The number of hydrogen-bond donors (Lipinski definition) is 0. The van der Waals surface area contributed by atoms with Gasteiger partial charge in [-0.1, -0.05) is 15.9 Å². The molecule has 0 bridgehead atoms. The van der Waals surface area contributed by atoms with Crippen molar-refractivity contribution in [3.63, 3.8) is 0 Å². The third-order valence-corrected chi connectivity index (χ3v) is 3.98. The van der Waals surface area contributed by atoms with Crippen LogP contribution in [-0.4, -0.2) is 23.1 Å². The van der Waals surface area contributed by atoms with Crippen molar-refractivity contribution in [3.05, 3.63) is 37.8 Å². The molecule has 0 unspecified atom stereocenters. The van der Waals surface area contributed by atoms with E-state index in [4.69, 9.17) is 9.47 Å². The van der Waals surface area contributed by atoms with E-state index in [-0.39, 0.29) is 18.3 Å². The van der Waals surface area contributed by atoms with Crippen molar-refractivity contribution in [1.82, 2.24) is 0 Å². The zero-order chi connectivity index (χ0) is 19.6. The summed E-state index contributed by atoms with van der Waals surface area (Å²) in [6.07, 6.45) is -0.540. The number of nitro benzene ring substituents is 1. The lowest BCUT2D eigenvalue weighted by molar-refractivity contribution is -0.385. The Morgan fingerprint density at radius 2 is 1.80 bits per heavy atom. The molecule has 0 saturated carbocycles. The molecule has 0 heterocycles. The molecule has 25 heavy (non-hydrogen) atoms. The summed E-state index contributed by atoms with van der Waals surface area (Å²) in [5.41, 5.74) is 0.333. The smallest absolute Gasteiger partial charge is 0.311 e. The molecule has 0 aliphatic carbocycles. The largest absolute Gasteiger partial charge is 0.462 e. The molecule has 0 aromatic heterocycles. The lowest BCUT2D eigenvalue weighted by atomic mass is 9.97. The monoisotopic (exact) mass is 415 g/mol. The van der Waals surface area contributed by atoms with Gasteiger partial charge in [0.05, 0.1) is 15.9 Å². The average molecular weight is 416 g/mol. The third kappa shape index (κ3) is 6.40. The van der Waals surface area contributed by atoms with Gasteiger partial charge in [0.1, 0.15) is 12.7 Å². The van der Waals surface area contributed by atoms with Gasteiger partial charge in [0, 0.05) is 22.2 Å². The number of nitrogens with zero attached hydrogens (tertiary/aromatic N) is 1. The molecule has 7 heteroatoms. The summed E-state index contributed by atoms with van der Waals surface area (Å²) in [6, 6.07) is 2.93. The topological polar surface area (TPSA) is 78.7 Å². The summed E-state index contributed by atoms with van der Waals surface area (Å²) in [7, 11) is 0. The molecule has 0 aliphatic heterocycles.